The van der Waals surface area contributed by atoms with Gasteiger partial charge in [-0.2, -0.15) is 9.19 Å². The van der Waals surface area contributed by atoms with E-state index in [4.69, 9.17) is 11.6 Å². The molecule has 0 atom stereocenters. The van der Waals surface area contributed by atoms with Gasteiger partial charge >= 0.3 is 0 Å². The topological polar surface area (TPSA) is 52.0 Å². The molecule has 0 spiro atoms. The Labute approximate surface area is 98.9 Å². The van der Waals surface area contributed by atoms with Crippen LogP contribution in [0.15, 0.2) is 12.1 Å². The van der Waals surface area contributed by atoms with E-state index in [1.54, 1.807) is 19.1 Å². The summed E-state index contributed by atoms with van der Waals surface area (Å²) in [6.45, 7) is 3.60. The Morgan fingerprint density at radius 2 is 1.94 bits per heavy atom. The lowest BCUT2D eigenvalue weighted by Crippen LogP contribution is -2.11. The molecule has 2 rings (SSSR count). The van der Waals surface area contributed by atoms with Gasteiger partial charge in [0, 0.05) is 5.39 Å². The SMILES string of the molecule is Cc1cc(Cl)c2c(C)nn(S(C)(=O)=O)c2c1. The normalized spacial score (nSPS) is 12.2. The number of nitrogens with zero attached hydrogens (tertiary/aromatic N) is 2. The standard InChI is InChI=1S/C10H11ClN2O2S/c1-6-4-8(11)10-7(2)12-13(9(10)5-6)16(3,14)15/h4-5H,1-3H3. The smallest absolute Gasteiger partial charge is 0.205 e. The third-order valence-electron chi connectivity index (χ3n) is 2.34. The molecule has 0 aliphatic heterocycles. The number of benzene rings is 1. The van der Waals surface area contributed by atoms with Gasteiger partial charge < -0.3 is 0 Å². The van der Waals surface area contributed by atoms with Crippen LogP contribution < -0.4 is 0 Å². The van der Waals surface area contributed by atoms with Gasteiger partial charge in [-0.1, -0.05) is 11.6 Å². The molecule has 0 radical (unpaired) electrons. The van der Waals surface area contributed by atoms with Crippen LogP contribution in [0.2, 0.25) is 5.02 Å². The van der Waals surface area contributed by atoms with Gasteiger partial charge in [-0.25, -0.2) is 8.42 Å². The molecule has 1 heterocycles. The van der Waals surface area contributed by atoms with Crippen LogP contribution in [-0.4, -0.2) is 23.9 Å². The largest absolute Gasteiger partial charge is 0.251 e. The van der Waals surface area contributed by atoms with Gasteiger partial charge in [-0.15, -0.1) is 0 Å². The van der Waals surface area contributed by atoms with Crippen LogP contribution in [-0.2, 0) is 10.0 Å². The first kappa shape index (κ1) is 11.4. The number of rotatable bonds is 1. The quantitative estimate of drug-likeness (QED) is 0.787. The minimum Gasteiger partial charge on any atom is -0.205 e. The van der Waals surface area contributed by atoms with Crippen molar-refractivity contribution in [3.8, 4) is 0 Å². The number of fused-ring (bicyclic) bond motifs is 1. The van der Waals surface area contributed by atoms with E-state index in [2.05, 4.69) is 5.10 Å². The minimum absolute atomic E-state index is 0.530. The molecule has 6 heteroatoms. The Morgan fingerprint density at radius 3 is 2.50 bits per heavy atom. The summed E-state index contributed by atoms with van der Waals surface area (Å²) >= 11 is 6.08. The van der Waals surface area contributed by atoms with Crippen LogP contribution in [0.4, 0.5) is 0 Å². The van der Waals surface area contributed by atoms with E-state index in [-0.39, 0.29) is 0 Å². The number of aromatic nitrogens is 2. The van der Waals surface area contributed by atoms with Crippen molar-refractivity contribution in [2.24, 2.45) is 0 Å². The first-order chi connectivity index (χ1) is 7.30. The van der Waals surface area contributed by atoms with E-state index in [9.17, 15) is 8.42 Å². The molecule has 1 aromatic carbocycles. The summed E-state index contributed by atoms with van der Waals surface area (Å²) in [5, 5.41) is 5.23. The molecular weight excluding hydrogens is 248 g/mol. The second-order valence-electron chi connectivity index (χ2n) is 3.83. The molecule has 4 nitrogen and oxygen atoms in total. The molecule has 0 aliphatic carbocycles. The molecule has 0 saturated carbocycles. The zero-order chi connectivity index (χ0) is 12.1. The predicted molar refractivity (Wildman–Crippen MR) is 64.5 cm³/mol. The summed E-state index contributed by atoms with van der Waals surface area (Å²) in [6, 6.07) is 3.56. The van der Waals surface area contributed by atoms with Crippen molar-refractivity contribution in [2.75, 3.05) is 6.26 Å². The van der Waals surface area contributed by atoms with Crippen LogP contribution in [0.1, 0.15) is 11.3 Å². The van der Waals surface area contributed by atoms with Gasteiger partial charge in [0.05, 0.1) is 22.5 Å². The maximum absolute atomic E-state index is 11.5. The lowest BCUT2D eigenvalue weighted by molar-refractivity contribution is 0.588. The highest BCUT2D eigenvalue weighted by Crippen LogP contribution is 2.28. The Bertz CT molecular complexity index is 674. The van der Waals surface area contributed by atoms with Crippen LogP contribution >= 0.6 is 11.6 Å². The monoisotopic (exact) mass is 258 g/mol. The van der Waals surface area contributed by atoms with Gasteiger partial charge in [-0.3, -0.25) is 0 Å². The first-order valence-corrected chi connectivity index (χ1v) is 6.89. The van der Waals surface area contributed by atoms with E-state index >= 15 is 0 Å². The predicted octanol–water partition coefficient (Wildman–Crippen LogP) is 2.11. The summed E-state index contributed by atoms with van der Waals surface area (Å²) in [5.41, 5.74) is 2.05. The highest BCUT2D eigenvalue weighted by Gasteiger charge is 2.16. The van der Waals surface area contributed by atoms with Crippen molar-refractivity contribution in [3.05, 3.63) is 28.4 Å². The van der Waals surface area contributed by atoms with Crippen molar-refractivity contribution in [1.82, 2.24) is 9.19 Å². The molecule has 2 aromatic rings. The lowest BCUT2D eigenvalue weighted by Gasteiger charge is -2.01. The van der Waals surface area contributed by atoms with E-state index in [0.717, 1.165) is 15.9 Å². The van der Waals surface area contributed by atoms with Crippen LogP contribution in [0.3, 0.4) is 0 Å². The molecular formula is C10H11ClN2O2S. The van der Waals surface area contributed by atoms with E-state index in [0.29, 0.717) is 21.6 Å². The van der Waals surface area contributed by atoms with E-state index < -0.39 is 10.0 Å². The van der Waals surface area contributed by atoms with Crippen molar-refractivity contribution < 1.29 is 8.42 Å². The van der Waals surface area contributed by atoms with Crippen LogP contribution in [0.5, 0.6) is 0 Å². The fourth-order valence-corrected chi connectivity index (χ4v) is 2.90. The molecule has 16 heavy (non-hydrogen) atoms. The van der Waals surface area contributed by atoms with Crippen molar-refractivity contribution >= 4 is 32.5 Å². The molecule has 0 saturated heterocycles. The second-order valence-corrected chi connectivity index (χ2v) is 6.05. The summed E-state index contributed by atoms with van der Waals surface area (Å²) in [4.78, 5) is 0. The molecule has 0 aliphatic rings. The van der Waals surface area contributed by atoms with Crippen molar-refractivity contribution in [1.29, 1.82) is 0 Å². The number of halogens is 1. The molecule has 0 amide bonds. The Morgan fingerprint density at radius 1 is 1.31 bits per heavy atom. The van der Waals surface area contributed by atoms with Crippen LogP contribution in [0, 0.1) is 13.8 Å². The summed E-state index contributed by atoms with van der Waals surface area (Å²) in [6.07, 6.45) is 1.12. The fraction of sp³-hybridized carbons (Fsp3) is 0.300. The van der Waals surface area contributed by atoms with Gasteiger partial charge in [0.1, 0.15) is 0 Å². The average Bonchev–Trinajstić information content (AvgIpc) is 2.41. The Hall–Kier alpha value is -1.07. The lowest BCUT2D eigenvalue weighted by atomic mass is 10.1. The van der Waals surface area contributed by atoms with Gasteiger partial charge in [0.2, 0.25) is 0 Å². The van der Waals surface area contributed by atoms with Crippen molar-refractivity contribution in [2.45, 2.75) is 13.8 Å². The maximum Gasteiger partial charge on any atom is 0.251 e. The maximum atomic E-state index is 11.5. The molecule has 0 unspecified atom stereocenters. The second kappa shape index (κ2) is 3.46. The molecule has 86 valence electrons. The highest BCUT2D eigenvalue weighted by molar-refractivity contribution is 7.89. The van der Waals surface area contributed by atoms with Gasteiger partial charge in [0.25, 0.3) is 10.0 Å². The highest BCUT2D eigenvalue weighted by atomic mass is 35.5. The fourth-order valence-electron chi connectivity index (χ4n) is 1.73. The molecule has 0 bridgehead atoms. The van der Waals surface area contributed by atoms with Crippen molar-refractivity contribution in [3.63, 3.8) is 0 Å². The van der Waals surface area contributed by atoms with E-state index in [1.165, 1.54) is 0 Å². The van der Waals surface area contributed by atoms with Gasteiger partial charge in [-0.05, 0) is 31.5 Å². The Balaban J connectivity index is 3.00. The van der Waals surface area contributed by atoms with Crippen LogP contribution in [0.25, 0.3) is 10.9 Å². The van der Waals surface area contributed by atoms with E-state index in [1.807, 2.05) is 6.92 Å². The summed E-state index contributed by atoms with van der Waals surface area (Å²) in [5.74, 6) is 0. The summed E-state index contributed by atoms with van der Waals surface area (Å²) < 4.78 is 24.1. The first-order valence-electron chi connectivity index (χ1n) is 4.67. The zero-order valence-corrected chi connectivity index (χ0v) is 10.7. The molecule has 1 aromatic heterocycles. The molecule has 0 N–H and O–H groups in total. The number of hydrogen-bond acceptors (Lipinski definition) is 3. The minimum atomic E-state index is -3.40. The summed E-state index contributed by atoms with van der Waals surface area (Å²) in [7, 11) is -3.40. The number of hydrogen-bond donors (Lipinski definition) is 0. The average molecular weight is 259 g/mol. The Kier molecular flexibility index (Phi) is 2.47. The third kappa shape index (κ3) is 1.70. The zero-order valence-electron chi connectivity index (χ0n) is 9.15. The third-order valence-corrected chi connectivity index (χ3v) is 3.54. The van der Waals surface area contributed by atoms with Gasteiger partial charge in [0.15, 0.2) is 0 Å². The molecule has 0 fully saturated rings. The number of aryl methyl sites for hydroxylation is 2.